The lowest BCUT2D eigenvalue weighted by molar-refractivity contribution is 0.0983. The van der Waals surface area contributed by atoms with Crippen molar-refractivity contribution in [2.24, 2.45) is 5.73 Å². The van der Waals surface area contributed by atoms with E-state index in [0.717, 1.165) is 0 Å². The quantitative estimate of drug-likeness (QED) is 0.740. The predicted octanol–water partition coefficient (Wildman–Crippen LogP) is 1.73. The first-order valence-electron chi connectivity index (χ1n) is 5.26. The number of nitrogens with zero attached hydrogens (tertiary/aromatic N) is 1. The van der Waals surface area contributed by atoms with Gasteiger partial charge in [-0.25, -0.2) is 4.39 Å². The van der Waals surface area contributed by atoms with E-state index in [2.05, 4.69) is 4.98 Å². The highest BCUT2D eigenvalue weighted by molar-refractivity contribution is 5.48. The highest BCUT2D eigenvalue weighted by Gasteiger charge is 2.37. The molecule has 0 radical (unpaired) electrons. The lowest BCUT2D eigenvalue weighted by Gasteiger charge is -2.33. The van der Waals surface area contributed by atoms with Crippen LogP contribution < -0.4 is 11.5 Å². The molecule has 0 spiro atoms. The number of pyridine rings is 1. The lowest BCUT2D eigenvalue weighted by atomic mass is 9.79. The Labute approximate surface area is 88.7 Å². The molecule has 1 aliphatic rings. The first-order valence-corrected chi connectivity index (χ1v) is 5.26. The number of alkyl halides is 1. The third-order valence-corrected chi connectivity index (χ3v) is 3.16. The zero-order valence-corrected chi connectivity index (χ0v) is 8.62. The molecule has 4 heteroatoms. The maximum atomic E-state index is 14.6. The van der Waals surface area contributed by atoms with Gasteiger partial charge in [0.15, 0.2) is 0 Å². The molecule has 0 bridgehead atoms. The topological polar surface area (TPSA) is 64.9 Å². The zero-order valence-electron chi connectivity index (χ0n) is 8.62. The van der Waals surface area contributed by atoms with Crippen LogP contribution in [0.2, 0.25) is 0 Å². The monoisotopic (exact) mass is 209 g/mol. The minimum Gasteiger partial charge on any atom is -0.398 e. The van der Waals surface area contributed by atoms with Crippen LogP contribution in [0.15, 0.2) is 18.5 Å². The van der Waals surface area contributed by atoms with Crippen LogP contribution in [0.4, 0.5) is 10.1 Å². The highest BCUT2D eigenvalue weighted by atomic mass is 19.1. The molecule has 0 aromatic carbocycles. The van der Waals surface area contributed by atoms with Gasteiger partial charge in [0.25, 0.3) is 0 Å². The first-order chi connectivity index (χ1) is 7.12. The van der Waals surface area contributed by atoms with Gasteiger partial charge in [-0.05, 0) is 31.7 Å². The minimum atomic E-state index is -1.33. The fourth-order valence-electron chi connectivity index (χ4n) is 2.15. The van der Waals surface area contributed by atoms with Gasteiger partial charge in [0.1, 0.15) is 5.67 Å². The molecule has 0 saturated heterocycles. The van der Waals surface area contributed by atoms with Crippen molar-refractivity contribution in [3.8, 4) is 0 Å². The second-order valence-electron chi connectivity index (χ2n) is 4.27. The minimum absolute atomic E-state index is 0.131. The Morgan fingerprint density at radius 2 is 2.07 bits per heavy atom. The molecule has 1 aliphatic carbocycles. The molecule has 1 fully saturated rings. The molecule has 0 amide bonds. The fraction of sp³-hybridized carbons (Fsp3) is 0.545. The molecule has 3 nitrogen and oxygen atoms in total. The molecule has 0 aliphatic heterocycles. The molecule has 4 N–H and O–H groups in total. The number of hydrogen-bond donors (Lipinski definition) is 2. The number of anilines is 1. The Kier molecular flexibility index (Phi) is 2.61. The second-order valence-corrected chi connectivity index (χ2v) is 4.27. The maximum absolute atomic E-state index is 14.6. The van der Waals surface area contributed by atoms with Gasteiger partial charge in [0, 0.05) is 29.7 Å². The highest BCUT2D eigenvalue weighted by Crippen LogP contribution is 2.42. The Morgan fingerprint density at radius 3 is 2.67 bits per heavy atom. The summed E-state index contributed by atoms with van der Waals surface area (Å²) in [6.45, 7) is 0. The largest absolute Gasteiger partial charge is 0.398 e. The van der Waals surface area contributed by atoms with Crippen LogP contribution >= 0.6 is 0 Å². The lowest BCUT2D eigenvalue weighted by Crippen LogP contribution is -2.34. The SMILES string of the molecule is Nc1ccncc1C1(F)CCC(N)CC1. The number of hydrogen-bond acceptors (Lipinski definition) is 3. The van der Waals surface area contributed by atoms with E-state index in [1.807, 2.05) is 0 Å². The Morgan fingerprint density at radius 1 is 1.40 bits per heavy atom. The molecular formula is C11H16FN3. The zero-order chi connectivity index (χ0) is 10.9. The molecule has 1 aromatic heterocycles. The van der Waals surface area contributed by atoms with Crippen molar-refractivity contribution < 1.29 is 4.39 Å². The van der Waals surface area contributed by atoms with Crippen LogP contribution in [0.5, 0.6) is 0 Å². The van der Waals surface area contributed by atoms with E-state index in [9.17, 15) is 4.39 Å². The molecule has 82 valence electrons. The van der Waals surface area contributed by atoms with Crippen molar-refractivity contribution >= 4 is 5.69 Å². The first kappa shape index (κ1) is 10.4. The number of aromatic nitrogens is 1. The van der Waals surface area contributed by atoms with Gasteiger partial charge in [0.05, 0.1) is 0 Å². The van der Waals surface area contributed by atoms with E-state index in [1.165, 1.54) is 6.20 Å². The third kappa shape index (κ3) is 1.95. The molecule has 1 saturated carbocycles. The Hall–Kier alpha value is -1.16. The van der Waals surface area contributed by atoms with Gasteiger partial charge in [-0.2, -0.15) is 0 Å². The molecule has 0 atom stereocenters. The van der Waals surface area contributed by atoms with E-state index >= 15 is 0 Å². The van der Waals surface area contributed by atoms with Gasteiger partial charge in [0.2, 0.25) is 0 Å². The standard InChI is InChI=1S/C11H16FN3/c12-11(4-1-8(13)2-5-11)9-7-15-6-3-10(9)14/h3,6-8H,1-2,4-5,13H2,(H2,14,15). The van der Waals surface area contributed by atoms with E-state index in [-0.39, 0.29) is 6.04 Å². The molecular weight excluding hydrogens is 193 g/mol. The van der Waals surface area contributed by atoms with Gasteiger partial charge in [-0.1, -0.05) is 0 Å². The average Bonchev–Trinajstić information content (AvgIpc) is 2.23. The van der Waals surface area contributed by atoms with Gasteiger partial charge < -0.3 is 11.5 Å². The Balaban J connectivity index is 2.26. The van der Waals surface area contributed by atoms with Gasteiger partial charge in [-0.15, -0.1) is 0 Å². The van der Waals surface area contributed by atoms with E-state index in [1.54, 1.807) is 12.3 Å². The summed E-state index contributed by atoms with van der Waals surface area (Å²) in [5.74, 6) is 0. The molecule has 2 rings (SSSR count). The van der Waals surface area contributed by atoms with Crippen LogP contribution in [0, 0.1) is 0 Å². The summed E-state index contributed by atoms with van der Waals surface area (Å²) in [5, 5.41) is 0. The van der Waals surface area contributed by atoms with Crippen LogP contribution in [0.25, 0.3) is 0 Å². The number of rotatable bonds is 1. The van der Waals surface area contributed by atoms with Crippen LogP contribution in [-0.2, 0) is 5.67 Å². The third-order valence-electron chi connectivity index (χ3n) is 3.16. The van der Waals surface area contributed by atoms with Crippen molar-refractivity contribution in [3.05, 3.63) is 24.0 Å². The summed E-state index contributed by atoms with van der Waals surface area (Å²) in [6, 6.07) is 1.78. The maximum Gasteiger partial charge on any atom is 0.139 e. The van der Waals surface area contributed by atoms with Crippen molar-refractivity contribution in [2.75, 3.05) is 5.73 Å². The molecule has 1 aromatic rings. The normalized spacial score (nSPS) is 31.5. The number of nitrogen functional groups attached to an aromatic ring is 1. The molecule has 15 heavy (non-hydrogen) atoms. The van der Waals surface area contributed by atoms with Crippen LogP contribution in [0.3, 0.4) is 0 Å². The summed E-state index contributed by atoms with van der Waals surface area (Å²) in [5.41, 5.74) is 11.2. The molecule has 1 heterocycles. The van der Waals surface area contributed by atoms with Crippen molar-refractivity contribution in [2.45, 2.75) is 37.4 Å². The summed E-state index contributed by atoms with van der Waals surface area (Å²) in [7, 11) is 0. The predicted molar refractivity (Wildman–Crippen MR) is 57.9 cm³/mol. The summed E-state index contributed by atoms with van der Waals surface area (Å²) < 4.78 is 14.6. The van der Waals surface area contributed by atoms with Crippen LogP contribution in [-0.4, -0.2) is 11.0 Å². The van der Waals surface area contributed by atoms with Crippen molar-refractivity contribution in [3.63, 3.8) is 0 Å². The van der Waals surface area contributed by atoms with E-state index in [0.29, 0.717) is 36.9 Å². The van der Waals surface area contributed by atoms with Crippen molar-refractivity contribution in [1.29, 1.82) is 0 Å². The Bertz CT molecular complexity index is 345. The average molecular weight is 209 g/mol. The van der Waals surface area contributed by atoms with E-state index < -0.39 is 5.67 Å². The summed E-state index contributed by atoms with van der Waals surface area (Å²) in [6.07, 6.45) is 5.44. The summed E-state index contributed by atoms with van der Waals surface area (Å²) >= 11 is 0. The van der Waals surface area contributed by atoms with Gasteiger partial charge >= 0.3 is 0 Å². The number of halogens is 1. The van der Waals surface area contributed by atoms with Crippen molar-refractivity contribution in [1.82, 2.24) is 4.98 Å². The van der Waals surface area contributed by atoms with Gasteiger partial charge in [-0.3, -0.25) is 4.98 Å². The van der Waals surface area contributed by atoms with Crippen LogP contribution in [0.1, 0.15) is 31.2 Å². The second kappa shape index (κ2) is 3.77. The van der Waals surface area contributed by atoms with E-state index in [4.69, 9.17) is 11.5 Å². The molecule has 0 unspecified atom stereocenters. The smallest absolute Gasteiger partial charge is 0.139 e. The fourth-order valence-corrected chi connectivity index (χ4v) is 2.15. The summed E-state index contributed by atoms with van der Waals surface area (Å²) in [4.78, 5) is 3.93. The number of nitrogens with two attached hydrogens (primary N) is 2.